The van der Waals surface area contributed by atoms with Crippen LogP contribution in [0.25, 0.3) is 11.1 Å². The zero-order valence-electron chi connectivity index (χ0n) is 14.4. The molecule has 0 fully saturated rings. The summed E-state index contributed by atoms with van der Waals surface area (Å²) >= 11 is 0. The SMILES string of the molecule is CCN1CCc2c(-c3ccccc3)cc(C#N)c(NS(C)(=O)=O)c2C1. The van der Waals surface area contributed by atoms with Gasteiger partial charge in [0.05, 0.1) is 17.5 Å². The van der Waals surface area contributed by atoms with Gasteiger partial charge in [-0.25, -0.2) is 8.42 Å². The van der Waals surface area contributed by atoms with Gasteiger partial charge >= 0.3 is 0 Å². The smallest absolute Gasteiger partial charge is 0.229 e. The van der Waals surface area contributed by atoms with Crippen molar-refractivity contribution < 1.29 is 8.42 Å². The first kappa shape index (κ1) is 17.5. The molecule has 1 N–H and O–H groups in total. The fraction of sp³-hybridized carbons (Fsp3) is 0.316. The van der Waals surface area contributed by atoms with Gasteiger partial charge in [-0.1, -0.05) is 37.3 Å². The van der Waals surface area contributed by atoms with Crippen molar-refractivity contribution in [3.05, 3.63) is 53.1 Å². The summed E-state index contributed by atoms with van der Waals surface area (Å²) in [5.74, 6) is 0. The van der Waals surface area contributed by atoms with E-state index in [1.165, 1.54) is 0 Å². The Bertz CT molecular complexity index is 931. The number of rotatable bonds is 4. The average molecular weight is 355 g/mol. The molecule has 0 amide bonds. The van der Waals surface area contributed by atoms with Gasteiger partial charge in [0.2, 0.25) is 10.0 Å². The second kappa shape index (κ2) is 6.87. The third-order valence-corrected chi connectivity index (χ3v) is 5.12. The Labute approximate surface area is 149 Å². The maximum atomic E-state index is 11.8. The van der Waals surface area contributed by atoms with Crippen LogP contribution in [0.5, 0.6) is 0 Å². The van der Waals surface area contributed by atoms with Gasteiger partial charge in [-0.2, -0.15) is 5.26 Å². The summed E-state index contributed by atoms with van der Waals surface area (Å²) in [4.78, 5) is 2.26. The highest BCUT2D eigenvalue weighted by Gasteiger charge is 2.25. The average Bonchev–Trinajstić information content (AvgIpc) is 2.61. The molecule has 2 aromatic rings. The Morgan fingerprint density at radius 3 is 2.56 bits per heavy atom. The van der Waals surface area contributed by atoms with Gasteiger partial charge < -0.3 is 0 Å². The van der Waals surface area contributed by atoms with Crippen molar-refractivity contribution in [3.8, 4) is 17.2 Å². The molecule has 1 aliphatic heterocycles. The number of hydrogen-bond acceptors (Lipinski definition) is 4. The quantitative estimate of drug-likeness (QED) is 0.915. The van der Waals surface area contributed by atoms with Crippen LogP contribution in [-0.4, -0.2) is 32.7 Å². The van der Waals surface area contributed by atoms with E-state index in [0.717, 1.165) is 48.0 Å². The largest absolute Gasteiger partial charge is 0.299 e. The van der Waals surface area contributed by atoms with Crippen LogP contribution in [0.15, 0.2) is 36.4 Å². The van der Waals surface area contributed by atoms with Gasteiger partial charge in [-0.3, -0.25) is 9.62 Å². The molecular weight excluding hydrogens is 334 g/mol. The van der Waals surface area contributed by atoms with Gasteiger partial charge in [0, 0.05) is 13.1 Å². The fourth-order valence-corrected chi connectivity index (χ4v) is 3.95. The number of hydrogen-bond donors (Lipinski definition) is 1. The number of nitriles is 1. The first-order valence-electron chi connectivity index (χ1n) is 8.27. The van der Waals surface area contributed by atoms with Crippen LogP contribution in [0.4, 0.5) is 5.69 Å². The predicted molar refractivity (Wildman–Crippen MR) is 99.7 cm³/mol. The lowest BCUT2D eigenvalue weighted by atomic mass is 9.87. The molecule has 25 heavy (non-hydrogen) atoms. The summed E-state index contributed by atoms with van der Waals surface area (Å²) in [6, 6.07) is 13.9. The second-order valence-electron chi connectivity index (χ2n) is 6.27. The highest BCUT2D eigenvalue weighted by molar-refractivity contribution is 7.92. The van der Waals surface area contributed by atoms with Gasteiger partial charge in [-0.15, -0.1) is 0 Å². The Morgan fingerprint density at radius 2 is 1.96 bits per heavy atom. The van der Waals surface area contributed by atoms with Crippen LogP contribution >= 0.6 is 0 Å². The molecule has 0 radical (unpaired) electrons. The molecule has 1 aliphatic rings. The van der Waals surface area contributed by atoms with Crippen LogP contribution in [0, 0.1) is 11.3 Å². The highest BCUT2D eigenvalue weighted by atomic mass is 32.2. The van der Waals surface area contributed by atoms with E-state index in [0.29, 0.717) is 17.8 Å². The Kier molecular flexibility index (Phi) is 4.80. The van der Waals surface area contributed by atoms with Crippen molar-refractivity contribution in [1.82, 2.24) is 4.90 Å². The van der Waals surface area contributed by atoms with E-state index in [1.807, 2.05) is 36.4 Å². The second-order valence-corrected chi connectivity index (χ2v) is 8.02. The zero-order chi connectivity index (χ0) is 18.0. The summed E-state index contributed by atoms with van der Waals surface area (Å²) < 4.78 is 26.2. The van der Waals surface area contributed by atoms with Gasteiger partial charge in [0.1, 0.15) is 6.07 Å². The Morgan fingerprint density at radius 1 is 1.24 bits per heavy atom. The van der Waals surface area contributed by atoms with Crippen LogP contribution in [0.2, 0.25) is 0 Å². The van der Waals surface area contributed by atoms with E-state index in [4.69, 9.17) is 0 Å². The molecule has 0 spiro atoms. The van der Waals surface area contributed by atoms with Crippen molar-refractivity contribution in [1.29, 1.82) is 5.26 Å². The standard InChI is InChI=1S/C19H21N3O2S/c1-3-22-10-9-16-17(14-7-5-4-6-8-14)11-15(12-20)19(18(16)13-22)21-25(2,23)24/h4-8,11,21H,3,9-10,13H2,1-2H3. The van der Waals surface area contributed by atoms with E-state index < -0.39 is 10.0 Å². The summed E-state index contributed by atoms with van der Waals surface area (Å²) in [5, 5.41) is 9.61. The van der Waals surface area contributed by atoms with Crippen LogP contribution in [0.3, 0.4) is 0 Å². The fourth-order valence-electron chi connectivity index (χ4n) is 3.35. The van der Waals surface area contributed by atoms with Crippen molar-refractivity contribution in [2.45, 2.75) is 19.9 Å². The molecule has 0 aliphatic carbocycles. The molecule has 130 valence electrons. The number of nitrogens with zero attached hydrogens (tertiary/aromatic N) is 2. The van der Waals surface area contributed by atoms with Crippen molar-refractivity contribution in [3.63, 3.8) is 0 Å². The predicted octanol–water partition coefficient (Wildman–Crippen LogP) is 2.97. The van der Waals surface area contributed by atoms with Gasteiger partial charge in [0.15, 0.2) is 0 Å². The number of nitrogens with one attached hydrogen (secondary N) is 1. The molecule has 0 bridgehead atoms. The highest BCUT2D eigenvalue weighted by Crippen LogP contribution is 2.37. The van der Waals surface area contributed by atoms with Gasteiger partial charge in [-0.05, 0) is 41.3 Å². The van der Waals surface area contributed by atoms with E-state index in [9.17, 15) is 13.7 Å². The summed E-state index contributed by atoms with van der Waals surface area (Å²) in [5.41, 5.74) is 4.89. The minimum absolute atomic E-state index is 0.362. The monoisotopic (exact) mass is 355 g/mol. The maximum absolute atomic E-state index is 11.8. The molecular formula is C19H21N3O2S. The van der Waals surface area contributed by atoms with Gasteiger partial charge in [0.25, 0.3) is 0 Å². The number of likely N-dealkylation sites (N-methyl/N-ethyl adjacent to an activating group) is 1. The molecule has 0 saturated carbocycles. The Balaban J connectivity index is 2.26. The molecule has 2 aromatic carbocycles. The third-order valence-electron chi connectivity index (χ3n) is 4.55. The summed E-state index contributed by atoms with van der Waals surface area (Å²) in [6.45, 7) is 4.53. The van der Waals surface area contributed by atoms with Crippen molar-refractivity contribution in [2.24, 2.45) is 0 Å². The summed E-state index contributed by atoms with van der Waals surface area (Å²) in [6.07, 6.45) is 1.95. The topological polar surface area (TPSA) is 73.2 Å². The molecule has 0 atom stereocenters. The molecule has 0 aromatic heterocycles. The minimum Gasteiger partial charge on any atom is -0.299 e. The molecule has 0 saturated heterocycles. The number of fused-ring (bicyclic) bond motifs is 1. The van der Waals surface area contributed by atoms with E-state index in [1.54, 1.807) is 0 Å². The first-order valence-corrected chi connectivity index (χ1v) is 10.2. The third kappa shape index (κ3) is 3.68. The van der Waals surface area contributed by atoms with Crippen LogP contribution < -0.4 is 4.72 Å². The zero-order valence-corrected chi connectivity index (χ0v) is 15.2. The summed E-state index contributed by atoms with van der Waals surface area (Å²) in [7, 11) is -3.46. The van der Waals surface area contributed by atoms with E-state index in [-0.39, 0.29) is 0 Å². The van der Waals surface area contributed by atoms with E-state index in [2.05, 4.69) is 22.6 Å². The lowest BCUT2D eigenvalue weighted by Crippen LogP contribution is -2.32. The molecule has 3 rings (SSSR count). The molecule has 5 nitrogen and oxygen atoms in total. The minimum atomic E-state index is -3.46. The van der Waals surface area contributed by atoms with Crippen molar-refractivity contribution >= 4 is 15.7 Å². The van der Waals surface area contributed by atoms with Crippen molar-refractivity contribution in [2.75, 3.05) is 24.1 Å². The normalized spacial score (nSPS) is 14.6. The Hall–Kier alpha value is -2.36. The first-order chi connectivity index (χ1) is 11.9. The molecule has 6 heteroatoms. The lowest BCUT2D eigenvalue weighted by Gasteiger charge is -2.31. The van der Waals surface area contributed by atoms with Crippen LogP contribution in [-0.2, 0) is 23.0 Å². The molecule has 0 unspecified atom stereocenters. The number of sulfonamides is 1. The molecule has 1 heterocycles. The lowest BCUT2D eigenvalue weighted by molar-refractivity contribution is 0.269. The van der Waals surface area contributed by atoms with E-state index >= 15 is 0 Å². The van der Waals surface area contributed by atoms with Crippen LogP contribution in [0.1, 0.15) is 23.6 Å². The number of benzene rings is 2. The number of anilines is 1. The maximum Gasteiger partial charge on any atom is 0.229 e.